The first-order valence-corrected chi connectivity index (χ1v) is 10.0. The molecular formula is C15H32S2. The fraction of sp³-hybridized carbons (Fsp3) is 1.00. The van der Waals surface area contributed by atoms with Crippen molar-refractivity contribution in [2.24, 2.45) is 5.92 Å². The fourth-order valence-electron chi connectivity index (χ4n) is 1.70. The molecule has 0 rings (SSSR count). The molecule has 0 aliphatic rings. The van der Waals surface area contributed by atoms with Crippen molar-refractivity contribution < 1.29 is 0 Å². The van der Waals surface area contributed by atoms with Crippen LogP contribution in [0.25, 0.3) is 0 Å². The van der Waals surface area contributed by atoms with Gasteiger partial charge < -0.3 is 0 Å². The summed E-state index contributed by atoms with van der Waals surface area (Å²) in [6, 6.07) is 0. The van der Waals surface area contributed by atoms with E-state index in [1.165, 1.54) is 69.3 Å². The zero-order valence-corrected chi connectivity index (χ0v) is 13.8. The van der Waals surface area contributed by atoms with E-state index in [9.17, 15) is 0 Å². The highest BCUT2D eigenvalue weighted by molar-refractivity contribution is 8.76. The van der Waals surface area contributed by atoms with Gasteiger partial charge in [-0.15, -0.1) is 0 Å². The molecule has 104 valence electrons. The second-order valence-electron chi connectivity index (χ2n) is 5.30. The lowest BCUT2D eigenvalue weighted by Crippen LogP contribution is -1.88. The summed E-state index contributed by atoms with van der Waals surface area (Å²) in [4.78, 5) is 0. The highest BCUT2D eigenvalue weighted by Gasteiger charge is 1.95. The van der Waals surface area contributed by atoms with Crippen molar-refractivity contribution in [2.75, 3.05) is 11.5 Å². The first-order chi connectivity index (χ1) is 8.27. The van der Waals surface area contributed by atoms with Crippen LogP contribution in [0.15, 0.2) is 0 Å². The molecule has 2 heteroatoms. The minimum atomic E-state index is 0.867. The Hall–Kier alpha value is 0.700. The molecule has 0 aliphatic carbocycles. The van der Waals surface area contributed by atoms with Crippen molar-refractivity contribution in [2.45, 2.75) is 78.6 Å². The Morgan fingerprint density at radius 1 is 0.706 bits per heavy atom. The number of hydrogen-bond acceptors (Lipinski definition) is 2. The van der Waals surface area contributed by atoms with Gasteiger partial charge in [0.2, 0.25) is 0 Å². The van der Waals surface area contributed by atoms with E-state index >= 15 is 0 Å². The minimum absolute atomic E-state index is 0.867. The van der Waals surface area contributed by atoms with Crippen molar-refractivity contribution in [3.8, 4) is 0 Å². The van der Waals surface area contributed by atoms with Crippen LogP contribution in [0, 0.1) is 5.92 Å². The zero-order chi connectivity index (χ0) is 12.8. The van der Waals surface area contributed by atoms with E-state index < -0.39 is 0 Å². The van der Waals surface area contributed by atoms with Crippen molar-refractivity contribution in [3.05, 3.63) is 0 Å². The molecular weight excluding hydrogens is 244 g/mol. The smallest absolute Gasteiger partial charge is 0.00393 e. The Kier molecular flexibility index (Phi) is 15.4. The van der Waals surface area contributed by atoms with E-state index in [-0.39, 0.29) is 0 Å². The highest BCUT2D eigenvalue weighted by atomic mass is 33.1. The summed E-state index contributed by atoms with van der Waals surface area (Å²) in [5, 5.41) is 0. The van der Waals surface area contributed by atoms with Gasteiger partial charge in [0.15, 0.2) is 0 Å². The van der Waals surface area contributed by atoms with Gasteiger partial charge in [0.05, 0.1) is 0 Å². The molecule has 0 fully saturated rings. The van der Waals surface area contributed by atoms with Gasteiger partial charge in [-0.25, -0.2) is 0 Å². The summed E-state index contributed by atoms with van der Waals surface area (Å²) in [6.45, 7) is 6.90. The molecule has 0 nitrogen and oxygen atoms in total. The topological polar surface area (TPSA) is 0 Å². The maximum absolute atomic E-state index is 2.31. The maximum Gasteiger partial charge on any atom is 0.00393 e. The minimum Gasteiger partial charge on any atom is -0.0942 e. The lowest BCUT2D eigenvalue weighted by Gasteiger charge is -2.04. The van der Waals surface area contributed by atoms with Crippen LogP contribution in [-0.2, 0) is 0 Å². The van der Waals surface area contributed by atoms with Crippen LogP contribution >= 0.6 is 21.6 Å². The van der Waals surface area contributed by atoms with Crippen LogP contribution in [-0.4, -0.2) is 11.5 Å². The van der Waals surface area contributed by atoms with Gasteiger partial charge >= 0.3 is 0 Å². The Balaban J connectivity index is 2.89. The number of hydrogen-bond donors (Lipinski definition) is 0. The summed E-state index contributed by atoms with van der Waals surface area (Å²) in [6.07, 6.45) is 12.9. The lowest BCUT2D eigenvalue weighted by molar-refractivity contribution is 0.586. The first-order valence-electron chi connectivity index (χ1n) is 7.51. The normalized spacial score (nSPS) is 11.3. The van der Waals surface area contributed by atoms with Gasteiger partial charge in [0.25, 0.3) is 0 Å². The second kappa shape index (κ2) is 14.8. The third kappa shape index (κ3) is 16.7. The van der Waals surface area contributed by atoms with E-state index in [0.717, 1.165) is 5.92 Å². The predicted octanol–water partition coefficient (Wildman–Crippen LogP) is 6.55. The molecule has 0 saturated heterocycles. The third-order valence-electron chi connectivity index (χ3n) is 2.94. The molecule has 17 heavy (non-hydrogen) atoms. The average Bonchev–Trinajstić information content (AvgIpc) is 2.30. The molecule has 0 spiro atoms. The first kappa shape index (κ1) is 17.7. The Morgan fingerprint density at radius 3 is 1.82 bits per heavy atom. The van der Waals surface area contributed by atoms with E-state index in [0.29, 0.717) is 0 Å². The molecule has 0 radical (unpaired) electrons. The van der Waals surface area contributed by atoms with Crippen LogP contribution in [0.2, 0.25) is 0 Å². The summed E-state index contributed by atoms with van der Waals surface area (Å²) < 4.78 is 0. The Bertz CT molecular complexity index is 135. The van der Waals surface area contributed by atoms with Crippen LogP contribution in [0.5, 0.6) is 0 Å². The zero-order valence-electron chi connectivity index (χ0n) is 12.2. The quantitative estimate of drug-likeness (QED) is 0.276. The van der Waals surface area contributed by atoms with E-state index in [1.807, 2.05) is 0 Å². The molecule has 0 amide bonds. The van der Waals surface area contributed by atoms with Crippen molar-refractivity contribution >= 4 is 21.6 Å². The monoisotopic (exact) mass is 276 g/mol. The van der Waals surface area contributed by atoms with Crippen molar-refractivity contribution in [1.29, 1.82) is 0 Å². The molecule has 0 aromatic carbocycles. The summed E-state index contributed by atoms with van der Waals surface area (Å²) in [7, 11) is 4.16. The molecule has 0 saturated carbocycles. The van der Waals surface area contributed by atoms with Crippen LogP contribution in [0.3, 0.4) is 0 Å². The number of rotatable bonds is 13. The van der Waals surface area contributed by atoms with E-state index in [4.69, 9.17) is 0 Å². The summed E-state index contributed by atoms with van der Waals surface area (Å²) >= 11 is 0. The highest BCUT2D eigenvalue weighted by Crippen LogP contribution is 2.25. The molecule has 0 N–H and O–H groups in total. The molecule has 0 bridgehead atoms. The van der Waals surface area contributed by atoms with Gasteiger partial charge in [-0.1, -0.05) is 87.3 Å². The maximum atomic E-state index is 2.31. The van der Waals surface area contributed by atoms with Gasteiger partial charge in [-0.05, 0) is 18.8 Å². The summed E-state index contributed by atoms with van der Waals surface area (Å²) in [5.74, 6) is 3.56. The van der Waals surface area contributed by atoms with E-state index in [2.05, 4.69) is 42.4 Å². The lowest BCUT2D eigenvalue weighted by atomic mass is 10.1. The van der Waals surface area contributed by atoms with E-state index in [1.54, 1.807) is 0 Å². The molecule has 0 atom stereocenters. The molecule has 0 aliphatic heterocycles. The van der Waals surface area contributed by atoms with Gasteiger partial charge in [-0.2, -0.15) is 0 Å². The predicted molar refractivity (Wildman–Crippen MR) is 87.0 cm³/mol. The average molecular weight is 277 g/mol. The molecule has 0 aromatic heterocycles. The van der Waals surface area contributed by atoms with Crippen LogP contribution < -0.4 is 0 Å². The Morgan fingerprint density at radius 2 is 1.24 bits per heavy atom. The standard InChI is InChI=1S/C15H32S2/c1-4-5-6-7-8-9-10-11-13-16-17-14-12-15(2)3/h15H,4-14H2,1-3H3. The fourth-order valence-corrected chi connectivity index (χ4v) is 4.17. The number of unbranched alkanes of at least 4 members (excludes halogenated alkanes) is 7. The molecule has 0 heterocycles. The van der Waals surface area contributed by atoms with Crippen molar-refractivity contribution in [1.82, 2.24) is 0 Å². The van der Waals surface area contributed by atoms with Gasteiger partial charge in [0.1, 0.15) is 0 Å². The molecule has 0 aromatic rings. The third-order valence-corrected chi connectivity index (χ3v) is 5.47. The van der Waals surface area contributed by atoms with Crippen molar-refractivity contribution in [3.63, 3.8) is 0 Å². The van der Waals surface area contributed by atoms with Gasteiger partial charge in [0, 0.05) is 11.5 Å². The molecule has 0 unspecified atom stereocenters. The van der Waals surface area contributed by atoms with Crippen LogP contribution in [0.1, 0.15) is 78.6 Å². The largest absolute Gasteiger partial charge is 0.0942 e. The Labute approximate surface area is 117 Å². The van der Waals surface area contributed by atoms with Gasteiger partial charge in [-0.3, -0.25) is 0 Å². The second-order valence-corrected chi connectivity index (χ2v) is 8.00. The summed E-state index contributed by atoms with van der Waals surface area (Å²) in [5.41, 5.74) is 0. The van der Waals surface area contributed by atoms with Crippen LogP contribution in [0.4, 0.5) is 0 Å². The SMILES string of the molecule is CCCCCCCCCCSSCCC(C)C.